The number of amides is 2. The average Bonchev–Trinajstić information content (AvgIpc) is 2.58. The van der Waals surface area contributed by atoms with Gasteiger partial charge in [0.2, 0.25) is 5.91 Å². The molecule has 96 valence electrons. The Hall–Kier alpha value is -1.40. The summed E-state index contributed by atoms with van der Waals surface area (Å²) in [4.78, 5) is 24.2. The molecule has 1 saturated carbocycles. The van der Waals surface area contributed by atoms with E-state index in [2.05, 4.69) is 0 Å². The van der Waals surface area contributed by atoms with Crippen LogP contribution in [-0.4, -0.2) is 53.4 Å². The molecule has 0 spiro atoms. The molecule has 2 amide bonds. The molecule has 1 atom stereocenters. The second-order valence-corrected chi connectivity index (χ2v) is 4.44. The Morgan fingerprint density at radius 3 is 2.59 bits per heavy atom. The summed E-state index contributed by atoms with van der Waals surface area (Å²) in [6.45, 7) is -0.317. The zero-order chi connectivity index (χ0) is 12.6. The molecule has 17 heavy (non-hydrogen) atoms. The largest absolute Gasteiger partial charge is 0.530 e. The van der Waals surface area contributed by atoms with E-state index in [-0.39, 0.29) is 32.5 Å². The van der Waals surface area contributed by atoms with Crippen LogP contribution in [0, 0.1) is 0 Å². The molecule has 5 nitrogen and oxygen atoms in total. The van der Waals surface area contributed by atoms with Crippen molar-refractivity contribution in [3.8, 4) is 0 Å². The van der Waals surface area contributed by atoms with Gasteiger partial charge in [0.05, 0.1) is 12.6 Å². The number of hydrogen-bond donors (Lipinski definition) is 0. The van der Waals surface area contributed by atoms with Crippen molar-refractivity contribution in [2.75, 3.05) is 19.6 Å². The van der Waals surface area contributed by atoms with Gasteiger partial charge in [0.1, 0.15) is 6.09 Å². The van der Waals surface area contributed by atoms with Crippen LogP contribution in [0.5, 0.6) is 0 Å². The summed E-state index contributed by atoms with van der Waals surface area (Å²) in [7, 11) is 0. The van der Waals surface area contributed by atoms with Gasteiger partial charge in [-0.3, -0.25) is 4.79 Å². The lowest BCUT2D eigenvalue weighted by atomic mass is 10.1. The number of carboxylic acid groups (broad SMARTS) is 1. The molecule has 1 unspecified atom stereocenters. The maximum Gasteiger partial charge on any atom is 0.268 e. The van der Waals surface area contributed by atoms with Gasteiger partial charge >= 0.3 is 0 Å². The van der Waals surface area contributed by atoms with E-state index in [4.69, 9.17) is 0 Å². The van der Waals surface area contributed by atoms with E-state index in [1.807, 2.05) is 0 Å². The van der Waals surface area contributed by atoms with Crippen LogP contribution in [0.3, 0.4) is 0 Å². The Balaban J connectivity index is 2.05. The molecule has 1 saturated heterocycles. The number of alkyl halides is 2. The lowest BCUT2D eigenvalue weighted by molar-refractivity contribution is -0.266. The average molecular weight is 247 g/mol. The van der Waals surface area contributed by atoms with Crippen molar-refractivity contribution in [1.29, 1.82) is 0 Å². The molecule has 0 bridgehead atoms. The van der Waals surface area contributed by atoms with Crippen molar-refractivity contribution in [3.05, 3.63) is 0 Å². The topological polar surface area (TPSA) is 63.7 Å². The van der Waals surface area contributed by atoms with E-state index in [0.29, 0.717) is 6.42 Å². The fourth-order valence-electron chi connectivity index (χ4n) is 2.46. The van der Waals surface area contributed by atoms with Gasteiger partial charge in [-0.2, -0.15) is 0 Å². The number of piperazine rings is 1. The quantitative estimate of drug-likeness (QED) is 0.637. The van der Waals surface area contributed by atoms with Gasteiger partial charge in [0.25, 0.3) is 5.92 Å². The standard InChI is InChI=1S/C10H14F2N2O3/c11-10(12)3-1-2-7(10)14-5-4-13(9(16)17)6-8(14)15/h7H,1-6H2,(H,16,17)/p-1. The Morgan fingerprint density at radius 2 is 2.12 bits per heavy atom. The first-order valence-corrected chi connectivity index (χ1v) is 5.55. The van der Waals surface area contributed by atoms with Crippen LogP contribution in [0.1, 0.15) is 19.3 Å². The van der Waals surface area contributed by atoms with Crippen LogP contribution in [-0.2, 0) is 4.79 Å². The van der Waals surface area contributed by atoms with E-state index in [9.17, 15) is 23.5 Å². The molecule has 0 aromatic heterocycles. The maximum absolute atomic E-state index is 13.5. The van der Waals surface area contributed by atoms with Gasteiger partial charge in [-0.25, -0.2) is 8.78 Å². The lowest BCUT2D eigenvalue weighted by Gasteiger charge is -2.40. The number of hydrogen-bond acceptors (Lipinski definition) is 3. The highest BCUT2D eigenvalue weighted by molar-refractivity contribution is 5.83. The molecule has 0 N–H and O–H groups in total. The summed E-state index contributed by atoms with van der Waals surface area (Å²) >= 11 is 0. The predicted octanol–water partition coefficient (Wildman–Crippen LogP) is -0.338. The Labute approximate surface area is 97.0 Å². The van der Waals surface area contributed by atoms with E-state index in [1.165, 1.54) is 0 Å². The normalized spacial score (nSPS) is 28.6. The van der Waals surface area contributed by atoms with E-state index in [0.717, 1.165) is 9.80 Å². The molecule has 2 fully saturated rings. The molecule has 0 radical (unpaired) electrons. The highest BCUT2D eigenvalue weighted by Crippen LogP contribution is 2.38. The van der Waals surface area contributed by atoms with Crippen LogP contribution in [0.15, 0.2) is 0 Å². The zero-order valence-electron chi connectivity index (χ0n) is 9.20. The summed E-state index contributed by atoms with van der Waals surface area (Å²) in [5.74, 6) is -3.41. The number of rotatable bonds is 1. The van der Waals surface area contributed by atoms with Crippen molar-refractivity contribution in [3.63, 3.8) is 0 Å². The molecular weight excluding hydrogens is 234 g/mol. The second-order valence-electron chi connectivity index (χ2n) is 4.44. The monoisotopic (exact) mass is 247 g/mol. The van der Waals surface area contributed by atoms with Gasteiger partial charge in [-0.05, 0) is 12.8 Å². The molecule has 2 rings (SSSR count). The Bertz CT molecular complexity index is 348. The lowest BCUT2D eigenvalue weighted by Crippen LogP contribution is -2.59. The molecule has 1 heterocycles. The second kappa shape index (κ2) is 4.12. The van der Waals surface area contributed by atoms with Crippen molar-refractivity contribution >= 4 is 12.0 Å². The SMILES string of the molecule is O=C([O-])N1CCN(C2CCCC2(F)F)C(=O)C1. The van der Waals surface area contributed by atoms with E-state index < -0.39 is 24.0 Å². The number of nitrogens with zero attached hydrogens (tertiary/aromatic N) is 2. The molecule has 0 aromatic carbocycles. The third kappa shape index (κ3) is 2.18. The molecule has 7 heteroatoms. The minimum absolute atomic E-state index is 0.0209. The molecule has 2 aliphatic rings. The van der Waals surface area contributed by atoms with Crippen LogP contribution in [0.2, 0.25) is 0 Å². The number of halogens is 2. The summed E-state index contributed by atoms with van der Waals surface area (Å²) in [5, 5.41) is 10.6. The fourth-order valence-corrected chi connectivity index (χ4v) is 2.46. The number of carbonyl (C=O) groups is 2. The van der Waals surface area contributed by atoms with Crippen LogP contribution >= 0.6 is 0 Å². The van der Waals surface area contributed by atoms with Gasteiger partial charge in [0, 0.05) is 19.5 Å². The van der Waals surface area contributed by atoms with Crippen LogP contribution in [0.25, 0.3) is 0 Å². The summed E-state index contributed by atoms with van der Waals surface area (Å²) < 4.78 is 27.0. The van der Waals surface area contributed by atoms with Gasteiger partial charge in [-0.1, -0.05) is 0 Å². The van der Waals surface area contributed by atoms with Gasteiger partial charge in [0.15, 0.2) is 0 Å². The van der Waals surface area contributed by atoms with Gasteiger partial charge < -0.3 is 19.7 Å². The minimum Gasteiger partial charge on any atom is -0.530 e. The van der Waals surface area contributed by atoms with Crippen LogP contribution < -0.4 is 5.11 Å². The van der Waals surface area contributed by atoms with Crippen molar-refractivity contribution in [1.82, 2.24) is 9.80 Å². The molecule has 1 aliphatic heterocycles. The summed E-state index contributed by atoms with van der Waals surface area (Å²) in [6, 6.07) is -1.07. The third-order valence-corrected chi connectivity index (χ3v) is 3.37. The highest BCUT2D eigenvalue weighted by atomic mass is 19.3. The fraction of sp³-hybridized carbons (Fsp3) is 0.800. The minimum atomic E-state index is -2.85. The zero-order valence-corrected chi connectivity index (χ0v) is 9.20. The highest BCUT2D eigenvalue weighted by Gasteiger charge is 2.49. The Morgan fingerprint density at radius 1 is 1.41 bits per heavy atom. The van der Waals surface area contributed by atoms with E-state index >= 15 is 0 Å². The number of carbonyl (C=O) groups excluding carboxylic acids is 2. The smallest absolute Gasteiger partial charge is 0.268 e. The predicted molar refractivity (Wildman–Crippen MR) is 51.3 cm³/mol. The van der Waals surface area contributed by atoms with Crippen molar-refractivity contribution in [2.24, 2.45) is 0 Å². The third-order valence-electron chi connectivity index (χ3n) is 3.37. The Kier molecular flexibility index (Phi) is 2.92. The first-order chi connectivity index (χ1) is 7.92. The first kappa shape index (κ1) is 12.1. The summed E-state index contributed by atoms with van der Waals surface area (Å²) in [6.07, 6.45) is -0.961. The van der Waals surface area contributed by atoms with Crippen molar-refractivity contribution < 1.29 is 23.5 Å². The molecular formula is C10H13F2N2O3-. The molecule has 1 aliphatic carbocycles. The first-order valence-electron chi connectivity index (χ1n) is 5.55. The van der Waals surface area contributed by atoms with Gasteiger partial charge in [-0.15, -0.1) is 0 Å². The molecule has 0 aromatic rings. The summed E-state index contributed by atoms with van der Waals surface area (Å²) in [5.41, 5.74) is 0. The maximum atomic E-state index is 13.5. The van der Waals surface area contributed by atoms with Crippen molar-refractivity contribution in [2.45, 2.75) is 31.2 Å². The van der Waals surface area contributed by atoms with E-state index in [1.54, 1.807) is 0 Å². The van der Waals surface area contributed by atoms with Crippen LogP contribution in [0.4, 0.5) is 13.6 Å².